The highest BCUT2D eigenvalue weighted by molar-refractivity contribution is 5.74. The molecule has 1 aromatic heterocycles. The molecular weight excluding hydrogens is 254 g/mol. The summed E-state index contributed by atoms with van der Waals surface area (Å²) in [6.07, 6.45) is 2.65. The average Bonchev–Trinajstić information content (AvgIpc) is 2.87. The zero-order chi connectivity index (χ0) is 13.7. The fourth-order valence-electron chi connectivity index (χ4n) is 2.06. The van der Waals surface area contributed by atoms with Gasteiger partial charge >= 0.3 is 6.03 Å². The summed E-state index contributed by atoms with van der Waals surface area (Å²) < 4.78 is 31.0. The van der Waals surface area contributed by atoms with Gasteiger partial charge in [0.1, 0.15) is 5.76 Å². The molecule has 2 amide bonds. The Hall–Kier alpha value is -1.59. The van der Waals surface area contributed by atoms with E-state index in [0.717, 1.165) is 18.6 Å². The van der Waals surface area contributed by atoms with Gasteiger partial charge < -0.3 is 14.6 Å². The number of rotatable bonds is 4. The molecule has 0 spiro atoms. The van der Waals surface area contributed by atoms with Crippen molar-refractivity contribution in [3.8, 4) is 0 Å². The number of alkyl halides is 2. The molecule has 1 N–H and O–H groups in total. The lowest BCUT2D eigenvalue weighted by molar-refractivity contribution is -0.0469. The summed E-state index contributed by atoms with van der Waals surface area (Å²) in [4.78, 5) is 13.2. The van der Waals surface area contributed by atoms with Gasteiger partial charge in [0.25, 0.3) is 5.92 Å². The maximum atomic E-state index is 12.9. The van der Waals surface area contributed by atoms with E-state index in [1.165, 1.54) is 4.90 Å². The molecule has 0 bridgehead atoms. The number of aryl methyl sites for hydroxylation is 1. The Morgan fingerprint density at radius 2 is 2.16 bits per heavy atom. The second kappa shape index (κ2) is 6.04. The highest BCUT2D eigenvalue weighted by atomic mass is 19.3. The lowest BCUT2D eigenvalue weighted by atomic mass is 10.1. The number of amides is 2. The zero-order valence-electron chi connectivity index (χ0n) is 10.7. The summed E-state index contributed by atoms with van der Waals surface area (Å²) in [7, 11) is 0. The van der Waals surface area contributed by atoms with Gasteiger partial charge in [-0.05, 0) is 18.6 Å². The van der Waals surface area contributed by atoms with Crippen molar-refractivity contribution < 1.29 is 18.0 Å². The van der Waals surface area contributed by atoms with Crippen molar-refractivity contribution >= 4 is 6.03 Å². The van der Waals surface area contributed by atoms with E-state index in [2.05, 4.69) is 5.32 Å². The SMILES string of the molecule is O=C(NCCCc1ccco1)N1CCC(F)(F)CC1. The summed E-state index contributed by atoms with van der Waals surface area (Å²) in [5.41, 5.74) is 0. The Kier molecular flexibility index (Phi) is 4.39. The normalized spacial score (nSPS) is 18.3. The summed E-state index contributed by atoms with van der Waals surface area (Å²) >= 11 is 0. The highest BCUT2D eigenvalue weighted by Gasteiger charge is 2.35. The van der Waals surface area contributed by atoms with Gasteiger partial charge in [-0.15, -0.1) is 0 Å². The van der Waals surface area contributed by atoms with Crippen LogP contribution in [0.15, 0.2) is 22.8 Å². The van der Waals surface area contributed by atoms with Crippen LogP contribution < -0.4 is 5.32 Å². The van der Waals surface area contributed by atoms with Crippen LogP contribution in [0.25, 0.3) is 0 Å². The van der Waals surface area contributed by atoms with Crippen molar-refractivity contribution in [3.63, 3.8) is 0 Å². The second-order valence-corrected chi connectivity index (χ2v) is 4.76. The van der Waals surface area contributed by atoms with Gasteiger partial charge in [0.2, 0.25) is 0 Å². The quantitative estimate of drug-likeness (QED) is 0.856. The summed E-state index contributed by atoms with van der Waals surface area (Å²) in [5, 5.41) is 2.74. The number of nitrogens with zero attached hydrogens (tertiary/aromatic N) is 1. The molecule has 1 aromatic rings. The van der Waals surface area contributed by atoms with Gasteiger partial charge in [-0.25, -0.2) is 13.6 Å². The second-order valence-electron chi connectivity index (χ2n) is 4.76. The van der Waals surface area contributed by atoms with Gasteiger partial charge in [-0.3, -0.25) is 0 Å². The number of carbonyl (C=O) groups excluding carboxylic acids is 1. The molecule has 2 rings (SSSR count). The van der Waals surface area contributed by atoms with Crippen molar-refractivity contribution in [3.05, 3.63) is 24.2 Å². The van der Waals surface area contributed by atoms with Crippen molar-refractivity contribution in [1.29, 1.82) is 0 Å². The topological polar surface area (TPSA) is 45.5 Å². The van der Waals surface area contributed by atoms with Gasteiger partial charge in [0, 0.05) is 38.9 Å². The first-order valence-electron chi connectivity index (χ1n) is 6.50. The van der Waals surface area contributed by atoms with E-state index in [1.54, 1.807) is 6.26 Å². The minimum atomic E-state index is -2.62. The Balaban J connectivity index is 1.62. The maximum Gasteiger partial charge on any atom is 0.317 e. The number of nitrogens with one attached hydrogen (secondary N) is 1. The molecule has 0 radical (unpaired) electrons. The predicted octanol–water partition coefficient (Wildman–Crippen LogP) is 2.65. The third-order valence-corrected chi connectivity index (χ3v) is 3.24. The van der Waals surface area contributed by atoms with Crippen LogP contribution >= 0.6 is 0 Å². The van der Waals surface area contributed by atoms with Crippen molar-refractivity contribution in [1.82, 2.24) is 10.2 Å². The van der Waals surface area contributed by atoms with E-state index >= 15 is 0 Å². The molecule has 19 heavy (non-hydrogen) atoms. The molecular formula is C13H18F2N2O2. The summed E-state index contributed by atoms with van der Waals surface area (Å²) in [6, 6.07) is 3.45. The van der Waals surface area contributed by atoms with E-state index in [1.807, 2.05) is 12.1 Å². The van der Waals surface area contributed by atoms with E-state index in [-0.39, 0.29) is 32.0 Å². The Morgan fingerprint density at radius 1 is 1.42 bits per heavy atom. The third-order valence-electron chi connectivity index (χ3n) is 3.24. The molecule has 1 saturated heterocycles. The first-order chi connectivity index (χ1) is 9.07. The molecule has 1 fully saturated rings. The van der Waals surface area contributed by atoms with Crippen LogP contribution in [0.5, 0.6) is 0 Å². The van der Waals surface area contributed by atoms with Gasteiger partial charge in [-0.1, -0.05) is 0 Å². The standard InChI is InChI=1S/C13H18F2N2O2/c14-13(15)5-8-17(9-6-13)12(18)16-7-1-3-11-4-2-10-19-11/h2,4,10H,1,3,5-9H2,(H,16,18). The average molecular weight is 272 g/mol. The molecule has 0 unspecified atom stereocenters. The maximum absolute atomic E-state index is 12.9. The van der Waals surface area contributed by atoms with Crippen LogP contribution in [-0.4, -0.2) is 36.5 Å². The van der Waals surface area contributed by atoms with Crippen LogP contribution in [-0.2, 0) is 6.42 Å². The fourth-order valence-corrected chi connectivity index (χ4v) is 2.06. The number of hydrogen-bond donors (Lipinski definition) is 1. The molecule has 4 nitrogen and oxygen atoms in total. The van der Waals surface area contributed by atoms with Crippen molar-refractivity contribution in [2.24, 2.45) is 0 Å². The largest absolute Gasteiger partial charge is 0.469 e. The van der Waals surface area contributed by atoms with Crippen LogP contribution in [0.4, 0.5) is 13.6 Å². The number of urea groups is 1. The Bertz CT molecular complexity index is 397. The molecule has 0 aliphatic carbocycles. The third kappa shape index (κ3) is 4.22. The van der Waals surface area contributed by atoms with Gasteiger partial charge in [0.05, 0.1) is 6.26 Å². The van der Waals surface area contributed by atoms with E-state index < -0.39 is 5.92 Å². The number of carbonyl (C=O) groups is 1. The number of likely N-dealkylation sites (tertiary alicyclic amines) is 1. The molecule has 0 atom stereocenters. The number of piperidine rings is 1. The molecule has 0 saturated carbocycles. The minimum absolute atomic E-state index is 0.122. The molecule has 0 aromatic carbocycles. The van der Waals surface area contributed by atoms with Crippen molar-refractivity contribution in [2.75, 3.05) is 19.6 Å². The molecule has 1 aliphatic rings. The first kappa shape index (κ1) is 13.8. The highest BCUT2D eigenvalue weighted by Crippen LogP contribution is 2.27. The predicted molar refractivity (Wildman–Crippen MR) is 66.2 cm³/mol. The van der Waals surface area contributed by atoms with E-state index in [9.17, 15) is 13.6 Å². The van der Waals surface area contributed by atoms with Crippen LogP contribution in [0.2, 0.25) is 0 Å². The van der Waals surface area contributed by atoms with Crippen LogP contribution in [0.1, 0.15) is 25.0 Å². The van der Waals surface area contributed by atoms with Crippen molar-refractivity contribution in [2.45, 2.75) is 31.6 Å². The Morgan fingerprint density at radius 3 is 2.79 bits per heavy atom. The molecule has 1 aliphatic heterocycles. The Labute approximate surface area is 110 Å². The van der Waals surface area contributed by atoms with Crippen LogP contribution in [0, 0.1) is 0 Å². The lowest BCUT2D eigenvalue weighted by Gasteiger charge is -2.31. The van der Waals surface area contributed by atoms with Gasteiger partial charge in [-0.2, -0.15) is 0 Å². The fraction of sp³-hybridized carbons (Fsp3) is 0.615. The molecule has 2 heterocycles. The number of hydrogen-bond acceptors (Lipinski definition) is 2. The van der Waals surface area contributed by atoms with Crippen LogP contribution in [0.3, 0.4) is 0 Å². The van der Waals surface area contributed by atoms with E-state index in [4.69, 9.17) is 4.42 Å². The van der Waals surface area contributed by atoms with E-state index in [0.29, 0.717) is 6.54 Å². The first-order valence-corrected chi connectivity index (χ1v) is 6.50. The molecule has 6 heteroatoms. The number of halogens is 2. The van der Waals surface area contributed by atoms with Gasteiger partial charge in [0.15, 0.2) is 0 Å². The number of furan rings is 1. The summed E-state index contributed by atoms with van der Waals surface area (Å²) in [6.45, 7) is 0.764. The summed E-state index contributed by atoms with van der Waals surface area (Å²) in [5.74, 6) is -1.73. The zero-order valence-corrected chi connectivity index (χ0v) is 10.7. The minimum Gasteiger partial charge on any atom is -0.469 e. The monoisotopic (exact) mass is 272 g/mol. The lowest BCUT2D eigenvalue weighted by Crippen LogP contribution is -2.47. The molecule has 106 valence electrons. The smallest absolute Gasteiger partial charge is 0.317 e.